The van der Waals surface area contributed by atoms with Gasteiger partial charge in [0.05, 0.1) is 23.9 Å². The zero-order valence-corrected chi connectivity index (χ0v) is 18.3. The molecule has 0 aliphatic heterocycles. The molecule has 0 saturated carbocycles. The van der Waals surface area contributed by atoms with Crippen molar-refractivity contribution in [2.75, 3.05) is 13.7 Å². The number of Topliss-reactive ketones (excluding diaryl/α,β-unsaturated/α-hetero) is 1. The lowest BCUT2D eigenvalue weighted by Crippen LogP contribution is -2.16. The highest BCUT2D eigenvalue weighted by atomic mass is 35.5. The van der Waals surface area contributed by atoms with Crippen molar-refractivity contribution in [3.05, 3.63) is 94.5 Å². The first-order valence-corrected chi connectivity index (χ1v) is 10.4. The van der Waals surface area contributed by atoms with Crippen molar-refractivity contribution in [2.24, 2.45) is 0 Å². The first-order chi connectivity index (χ1) is 15.5. The molecule has 1 aromatic heterocycles. The molecule has 0 bridgehead atoms. The summed E-state index contributed by atoms with van der Waals surface area (Å²) in [4.78, 5) is 30.4. The fourth-order valence-corrected chi connectivity index (χ4v) is 3.76. The van der Waals surface area contributed by atoms with Crippen LogP contribution < -0.4 is 4.74 Å². The van der Waals surface area contributed by atoms with Gasteiger partial charge in [0, 0.05) is 21.5 Å². The van der Waals surface area contributed by atoms with Crippen molar-refractivity contribution in [3.8, 4) is 17.0 Å². The number of carbonyl (C=O) groups is 2. The van der Waals surface area contributed by atoms with Crippen LogP contribution in [0.15, 0.2) is 72.8 Å². The molecule has 5 nitrogen and oxygen atoms in total. The minimum atomic E-state index is -0.583. The number of aromatic nitrogens is 1. The largest absolute Gasteiger partial charge is 0.497 e. The highest BCUT2D eigenvalue weighted by molar-refractivity contribution is 6.30. The van der Waals surface area contributed by atoms with Gasteiger partial charge >= 0.3 is 5.97 Å². The summed E-state index contributed by atoms with van der Waals surface area (Å²) in [6, 6.07) is 21.4. The molecule has 0 fully saturated rings. The Labute approximate surface area is 190 Å². The third-order valence-electron chi connectivity index (χ3n) is 5.16. The average molecular weight is 446 g/mol. The van der Waals surface area contributed by atoms with Gasteiger partial charge in [-0.25, -0.2) is 9.78 Å². The van der Waals surface area contributed by atoms with E-state index < -0.39 is 5.97 Å². The molecule has 6 heteroatoms. The normalized spacial score (nSPS) is 10.7. The van der Waals surface area contributed by atoms with Crippen LogP contribution in [0, 0.1) is 6.92 Å². The predicted molar refractivity (Wildman–Crippen MR) is 125 cm³/mol. The number of carbonyl (C=O) groups excluding carboxylic acids is 2. The maximum Gasteiger partial charge on any atom is 0.339 e. The van der Waals surface area contributed by atoms with Crippen molar-refractivity contribution in [1.29, 1.82) is 0 Å². The van der Waals surface area contributed by atoms with E-state index in [0.717, 1.165) is 5.56 Å². The number of halogens is 1. The number of fused-ring (bicyclic) bond motifs is 1. The fraction of sp³-hybridized carbons (Fsp3) is 0.115. The number of esters is 1. The summed E-state index contributed by atoms with van der Waals surface area (Å²) in [6.07, 6.45) is 0. The van der Waals surface area contributed by atoms with Gasteiger partial charge in [0.2, 0.25) is 0 Å². The maximum absolute atomic E-state index is 13.1. The third-order valence-corrected chi connectivity index (χ3v) is 5.40. The fourth-order valence-electron chi connectivity index (χ4n) is 3.57. The quantitative estimate of drug-likeness (QED) is 0.272. The molecule has 32 heavy (non-hydrogen) atoms. The molecule has 0 N–H and O–H groups in total. The second-order valence-electron chi connectivity index (χ2n) is 7.22. The van der Waals surface area contributed by atoms with Gasteiger partial charge in [0.15, 0.2) is 12.4 Å². The van der Waals surface area contributed by atoms with E-state index in [9.17, 15) is 9.59 Å². The van der Waals surface area contributed by atoms with E-state index in [1.165, 1.54) is 7.11 Å². The Balaban J connectivity index is 1.69. The number of nitrogens with zero attached hydrogens (tertiary/aromatic N) is 1. The summed E-state index contributed by atoms with van der Waals surface area (Å²) < 4.78 is 10.6. The molecule has 0 aliphatic rings. The number of methoxy groups -OCH3 is 1. The van der Waals surface area contributed by atoms with Gasteiger partial charge in [-0.2, -0.15) is 0 Å². The minimum absolute atomic E-state index is 0.316. The first kappa shape index (κ1) is 21.5. The number of benzene rings is 3. The van der Waals surface area contributed by atoms with Gasteiger partial charge in [-0.15, -0.1) is 0 Å². The minimum Gasteiger partial charge on any atom is -0.497 e. The van der Waals surface area contributed by atoms with E-state index in [-0.39, 0.29) is 12.4 Å². The molecule has 0 spiro atoms. The molecule has 4 aromatic rings. The van der Waals surface area contributed by atoms with Gasteiger partial charge < -0.3 is 9.47 Å². The maximum atomic E-state index is 13.1. The highest BCUT2D eigenvalue weighted by Gasteiger charge is 2.21. The molecule has 4 rings (SSSR count). The van der Waals surface area contributed by atoms with E-state index in [2.05, 4.69) is 0 Å². The van der Waals surface area contributed by atoms with Crippen LogP contribution in [0.1, 0.15) is 26.3 Å². The summed E-state index contributed by atoms with van der Waals surface area (Å²) in [5.41, 5.74) is 3.53. The van der Waals surface area contributed by atoms with Crippen LogP contribution in [0.4, 0.5) is 0 Å². The van der Waals surface area contributed by atoms with Crippen LogP contribution in [0.2, 0.25) is 5.02 Å². The number of ether oxygens (including phenoxy) is 2. The lowest BCUT2D eigenvalue weighted by atomic mass is 9.98. The molecule has 0 amide bonds. The zero-order chi connectivity index (χ0) is 22.7. The summed E-state index contributed by atoms with van der Waals surface area (Å²) >= 11 is 6.17. The van der Waals surface area contributed by atoms with E-state index in [1.54, 1.807) is 36.4 Å². The molecule has 0 atom stereocenters. The summed E-state index contributed by atoms with van der Waals surface area (Å²) in [5, 5.41) is 1.24. The van der Waals surface area contributed by atoms with Crippen LogP contribution in [0.5, 0.6) is 5.75 Å². The van der Waals surface area contributed by atoms with Gasteiger partial charge in [-0.3, -0.25) is 4.79 Å². The molecular weight excluding hydrogens is 426 g/mol. The molecule has 0 radical (unpaired) electrons. The molecule has 0 saturated heterocycles. The monoisotopic (exact) mass is 445 g/mol. The topological polar surface area (TPSA) is 65.5 Å². The number of pyridine rings is 1. The van der Waals surface area contributed by atoms with Gasteiger partial charge in [-0.05, 0) is 42.8 Å². The zero-order valence-electron chi connectivity index (χ0n) is 17.6. The SMILES string of the molecule is COc1cccc(C(=O)COC(=O)c2c(C)c(-c3cccc(Cl)c3)nc3ccccc23)c1. The van der Waals surface area contributed by atoms with Crippen LogP contribution in [0.3, 0.4) is 0 Å². The van der Waals surface area contributed by atoms with E-state index in [0.29, 0.717) is 44.1 Å². The standard InChI is InChI=1S/C26H20ClNO4/c1-16-24(26(30)32-15-23(29)17-7-6-10-20(14-17)31-2)21-11-3-4-12-22(21)28-25(16)18-8-5-9-19(27)13-18/h3-14H,15H2,1-2H3. The van der Waals surface area contributed by atoms with Crippen molar-refractivity contribution < 1.29 is 19.1 Å². The van der Waals surface area contributed by atoms with Crippen molar-refractivity contribution in [1.82, 2.24) is 4.98 Å². The van der Waals surface area contributed by atoms with E-state index in [1.807, 2.05) is 43.3 Å². The van der Waals surface area contributed by atoms with Crippen molar-refractivity contribution in [3.63, 3.8) is 0 Å². The molecule has 0 unspecified atom stereocenters. The lowest BCUT2D eigenvalue weighted by molar-refractivity contribution is 0.0476. The van der Waals surface area contributed by atoms with E-state index in [4.69, 9.17) is 26.1 Å². The molecule has 3 aromatic carbocycles. The molecule has 0 aliphatic carbocycles. The summed E-state index contributed by atoms with van der Waals surface area (Å²) in [7, 11) is 1.53. The number of para-hydroxylation sites is 1. The van der Waals surface area contributed by atoms with Crippen molar-refractivity contribution >= 4 is 34.3 Å². The Bertz CT molecular complexity index is 1330. The smallest absolute Gasteiger partial charge is 0.339 e. The predicted octanol–water partition coefficient (Wildman–Crippen LogP) is 5.91. The van der Waals surface area contributed by atoms with Gasteiger partial charge in [0.25, 0.3) is 0 Å². The second kappa shape index (κ2) is 9.20. The Hall–Kier alpha value is -3.70. The number of ketones is 1. The van der Waals surface area contributed by atoms with Gasteiger partial charge in [-0.1, -0.05) is 54.1 Å². The number of hydrogen-bond donors (Lipinski definition) is 0. The number of hydrogen-bond acceptors (Lipinski definition) is 5. The van der Waals surface area contributed by atoms with Crippen LogP contribution >= 0.6 is 11.6 Å². The lowest BCUT2D eigenvalue weighted by Gasteiger charge is -2.14. The Kier molecular flexibility index (Phi) is 6.19. The van der Waals surface area contributed by atoms with Crippen LogP contribution in [-0.4, -0.2) is 30.5 Å². The Morgan fingerprint density at radius 1 is 0.969 bits per heavy atom. The first-order valence-electron chi connectivity index (χ1n) is 9.97. The molecule has 1 heterocycles. The van der Waals surface area contributed by atoms with Crippen LogP contribution in [0.25, 0.3) is 22.2 Å². The van der Waals surface area contributed by atoms with Crippen molar-refractivity contribution in [2.45, 2.75) is 6.92 Å². The second-order valence-corrected chi connectivity index (χ2v) is 7.66. The Morgan fingerprint density at radius 3 is 2.53 bits per heavy atom. The molecular formula is C26H20ClNO4. The molecule has 160 valence electrons. The summed E-state index contributed by atoms with van der Waals surface area (Å²) in [6.45, 7) is 1.44. The Morgan fingerprint density at radius 2 is 1.75 bits per heavy atom. The number of rotatable bonds is 6. The third kappa shape index (κ3) is 4.34. The van der Waals surface area contributed by atoms with Crippen LogP contribution in [-0.2, 0) is 4.74 Å². The summed E-state index contributed by atoms with van der Waals surface area (Å²) in [5.74, 6) is -0.340. The van der Waals surface area contributed by atoms with E-state index >= 15 is 0 Å². The highest BCUT2D eigenvalue weighted by Crippen LogP contribution is 2.31. The average Bonchev–Trinajstić information content (AvgIpc) is 2.82. The van der Waals surface area contributed by atoms with Gasteiger partial charge in [0.1, 0.15) is 5.75 Å².